The van der Waals surface area contributed by atoms with Crippen molar-refractivity contribution in [3.8, 4) is 11.8 Å². The van der Waals surface area contributed by atoms with Crippen LogP contribution in [0.5, 0.6) is 5.75 Å². The molecule has 6 heteroatoms. The van der Waals surface area contributed by atoms with Crippen LogP contribution >= 0.6 is 0 Å². The van der Waals surface area contributed by atoms with Gasteiger partial charge in [-0.2, -0.15) is 15.5 Å². The van der Waals surface area contributed by atoms with Gasteiger partial charge < -0.3 is 14.9 Å². The largest absolute Gasteiger partial charge is 0.494 e. The summed E-state index contributed by atoms with van der Waals surface area (Å²) in [5.74, 6) is 0.899. The summed E-state index contributed by atoms with van der Waals surface area (Å²) >= 11 is 0. The Morgan fingerprint density at radius 3 is 1.75 bits per heavy atom. The lowest BCUT2D eigenvalue weighted by Crippen LogP contribution is -2.10. The minimum Gasteiger partial charge on any atom is -0.494 e. The number of nitrogens with zero attached hydrogens (tertiary/aromatic N) is 3. The first-order valence-electron chi connectivity index (χ1n) is 11.6. The number of aliphatic hydroxyl groups is 2. The minimum absolute atomic E-state index is 0.0597. The van der Waals surface area contributed by atoms with E-state index in [0.29, 0.717) is 11.3 Å². The molecule has 0 aliphatic carbocycles. The SMILES string of the molecule is N#Cc1ccc(/N=N/c2ccc(OCCCCCCCCCCC(CO)CO)cc2)cc1. The minimum atomic E-state index is 0.0597. The molecule has 2 N–H and O–H groups in total. The second-order valence-corrected chi connectivity index (χ2v) is 8.05. The van der Waals surface area contributed by atoms with Crippen LogP contribution in [0, 0.1) is 17.2 Å². The highest BCUT2D eigenvalue weighted by atomic mass is 16.5. The molecular formula is C26H35N3O3. The molecule has 0 aromatic heterocycles. The number of rotatable bonds is 16. The molecule has 0 radical (unpaired) electrons. The van der Waals surface area contributed by atoms with Crippen molar-refractivity contribution >= 4 is 11.4 Å². The molecule has 0 heterocycles. The van der Waals surface area contributed by atoms with Gasteiger partial charge in [0.25, 0.3) is 0 Å². The molecule has 0 amide bonds. The highest BCUT2D eigenvalue weighted by Crippen LogP contribution is 2.22. The van der Waals surface area contributed by atoms with Crippen LogP contribution < -0.4 is 4.74 Å². The molecule has 172 valence electrons. The molecule has 32 heavy (non-hydrogen) atoms. The normalized spacial score (nSPS) is 11.2. The number of unbranched alkanes of at least 4 members (excludes halogenated alkanes) is 7. The summed E-state index contributed by atoms with van der Waals surface area (Å²) in [6.07, 6.45) is 10.4. The average Bonchev–Trinajstić information content (AvgIpc) is 2.84. The van der Waals surface area contributed by atoms with E-state index < -0.39 is 0 Å². The first-order chi connectivity index (χ1) is 15.7. The van der Waals surface area contributed by atoms with Crippen LogP contribution in [0.25, 0.3) is 0 Å². The Morgan fingerprint density at radius 1 is 0.719 bits per heavy atom. The molecule has 0 bridgehead atoms. The van der Waals surface area contributed by atoms with E-state index in [1.165, 1.54) is 38.5 Å². The molecule has 0 saturated carbocycles. The van der Waals surface area contributed by atoms with E-state index in [4.69, 9.17) is 20.2 Å². The number of aliphatic hydroxyl groups excluding tert-OH is 2. The number of hydrogen-bond acceptors (Lipinski definition) is 6. The van der Waals surface area contributed by atoms with Gasteiger partial charge in [-0.3, -0.25) is 0 Å². The summed E-state index contributed by atoms with van der Waals surface area (Å²) in [5.41, 5.74) is 2.07. The zero-order valence-corrected chi connectivity index (χ0v) is 18.8. The van der Waals surface area contributed by atoms with Gasteiger partial charge in [0.1, 0.15) is 5.75 Å². The Morgan fingerprint density at radius 2 is 1.22 bits per heavy atom. The molecular weight excluding hydrogens is 402 g/mol. The topological polar surface area (TPSA) is 98.2 Å². The van der Waals surface area contributed by atoms with Gasteiger partial charge in [0.15, 0.2) is 0 Å². The maximum Gasteiger partial charge on any atom is 0.119 e. The smallest absolute Gasteiger partial charge is 0.119 e. The standard InChI is InChI=1S/C26H35N3O3/c27-19-22-10-12-24(13-11-22)28-29-25-14-16-26(17-15-25)32-18-8-6-4-2-1-3-5-7-9-23(20-30)21-31/h10-17,23,30-31H,1-9,18,20-21H2/b29-28+. The van der Waals surface area contributed by atoms with Gasteiger partial charge in [0.05, 0.1) is 29.6 Å². The number of ether oxygens (including phenoxy) is 1. The molecule has 0 aliphatic heterocycles. The zero-order valence-electron chi connectivity index (χ0n) is 18.8. The summed E-state index contributed by atoms with van der Waals surface area (Å²) in [4.78, 5) is 0. The number of hydrogen-bond donors (Lipinski definition) is 2. The zero-order chi connectivity index (χ0) is 22.9. The number of benzene rings is 2. The van der Waals surface area contributed by atoms with Crippen LogP contribution in [0.4, 0.5) is 11.4 Å². The molecule has 0 saturated heterocycles. The van der Waals surface area contributed by atoms with Crippen LogP contribution in [-0.4, -0.2) is 30.0 Å². The Bertz CT molecular complexity index is 810. The van der Waals surface area contributed by atoms with Crippen molar-refractivity contribution in [2.24, 2.45) is 16.1 Å². The lowest BCUT2D eigenvalue weighted by Gasteiger charge is -2.09. The van der Waals surface area contributed by atoms with Gasteiger partial charge in [0.2, 0.25) is 0 Å². The molecule has 0 unspecified atom stereocenters. The molecule has 0 spiro atoms. The fourth-order valence-electron chi connectivity index (χ4n) is 3.35. The Balaban J connectivity index is 1.51. The van der Waals surface area contributed by atoms with E-state index in [9.17, 15) is 0 Å². The predicted octanol–water partition coefficient (Wildman–Crippen LogP) is 6.46. The predicted molar refractivity (Wildman–Crippen MR) is 126 cm³/mol. The van der Waals surface area contributed by atoms with E-state index >= 15 is 0 Å². The highest BCUT2D eigenvalue weighted by Gasteiger charge is 2.04. The quantitative estimate of drug-likeness (QED) is 0.232. The lowest BCUT2D eigenvalue weighted by molar-refractivity contribution is 0.141. The average molecular weight is 438 g/mol. The van der Waals surface area contributed by atoms with Crippen LogP contribution in [-0.2, 0) is 0 Å². The molecule has 0 aliphatic rings. The van der Waals surface area contributed by atoms with E-state index in [2.05, 4.69) is 16.3 Å². The maximum absolute atomic E-state index is 9.04. The third kappa shape index (κ3) is 10.5. The maximum atomic E-state index is 9.04. The summed E-state index contributed by atoms with van der Waals surface area (Å²) in [6.45, 7) is 0.900. The summed E-state index contributed by atoms with van der Waals surface area (Å²) < 4.78 is 5.81. The van der Waals surface area contributed by atoms with Gasteiger partial charge in [-0.05, 0) is 61.4 Å². The third-order valence-electron chi connectivity index (χ3n) is 5.41. The second-order valence-electron chi connectivity index (χ2n) is 8.05. The Hall–Kier alpha value is -2.75. The van der Waals surface area contributed by atoms with Crippen LogP contribution in [0.2, 0.25) is 0 Å². The summed E-state index contributed by atoms with van der Waals surface area (Å²) in [7, 11) is 0. The molecule has 0 fully saturated rings. The van der Waals surface area contributed by atoms with Gasteiger partial charge in [-0.25, -0.2) is 0 Å². The van der Waals surface area contributed by atoms with Gasteiger partial charge >= 0.3 is 0 Å². The molecule has 2 rings (SSSR count). The van der Waals surface area contributed by atoms with Crippen molar-refractivity contribution in [3.63, 3.8) is 0 Å². The third-order valence-corrected chi connectivity index (χ3v) is 5.41. The van der Waals surface area contributed by atoms with Crippen molar-refractivity contribution in [1.29, 1.82) is 5.26 Å². The molecule has 6 nitrogen and oxygen atoms in total. The number of nitriles is 1. The van der Waals surface area contributed by atoms with Gasteiger partial charge in [-0.15, -0.1) is 0 Å². The first-order valence-corrected chi connectivity index (χ1v) is 11.6. The molecule has 2 aromatic rings. The monoisotopic (exact) mass is 437 g/mol. The lowest BCUT2D eigenvalue weighted by atomic mass is 10.0. The van der Waals surface area contributed by atoms with Crippen molar-refractivity contribution in [3.05, 3.63) is 54.1 Å². The van der Waals surface area contributed by atoms with E-state index in [-0.39, 0.29) is 19.1 Å². The fraction of sp³-hybridized carbons (Fsp3) is 0.500. The number of azo groups is 1. The summed E-state index contributed by atoms with van der Waals surface area (Å²) in [5, 5.41) is 35.3. The summed E-state index contributed by atoms with van der Waals surface area (Å²) in [6, 6.07) is 16.6. The van der Waals surface area contributed by atoms with E-state index in [1.54, 1.807) is 24.3 Å². The van der Waals surface area contributed by atoms with E-state index in [1.807, 2.05) is 24.3 Å². The van der Waals surface area contributed by atoms with E-state index in [0.717, 1.165) is 37.3 Å². The second kappa shape index (κ2) is 16.0. The van der Waals surface area contributed by atoms with Crippen LogP contribution in [0.1, 0.15) is 63.4 Å². The molecule has 2 aromatic carbocycles. The van der Waals surface area contributed by atoms with Gasteiger partial charge in [0, 0.05) is 19.1 Å². The Kier molecular flexibility index (Phi) is 12.7. The van der Waals surface area contributed by atoms with Crippen LogP contribution in [0.15, 0.2) is 58.8 Å². The highest BCUT2D eigenvalue weighted by molar-refractivity contribution is 5.44. The Labute approximate surface area is 191 Å². The van der Waals surface area contributed by atoms with Crippen molar-refractivity contribution in [2.75, 3.05) is 19.8 Å². The fourth-order valence-corrected chi connectivity index (χ4v) is 3.35. The first kappa shape index (κ1) is 25.5. The van der Waals surface area contributed by atoms with Crippen LogP contribution in [0.3, 0.4) is 0 Å². The van der Waals surface area contributed by atoms with Crippen molar-refractivity contribution < 1.29 is 14.9 Å². The van der Waals surface area contributed by atoms with Crippen molar-refractivity contribution in [2.45, 2.75) is 57.8 Å². The van der Waals surface area contributed by atoms with Gasteiger partial charge in [-0.1, -0.05) is 44.9 Å². The molecule has 0 atom stereocenters. The van der Waals surface area contributed by atoms with Crippen molar-refractivity contribution in [1.82, 2.24) is 0 Å².